The third-order valence-electron chi connectivity index (χ3n) is 0.454. The quantitative estimate of drug-likeness (QED) is 0.235. The van der Waals surface area contributed by atoms with E-state index in [4.69, 9.17) is 0 Å². The third kappa shape index (κ3) is 18.2. The van der Waals surface area contributed by atoms with Crippen molar-refractivity contribution in [2.75, 3.05) is 7.05 Å². The molecule has 0 aromatic heterocycles. The fraction of sp³-hybridized carbons (Fsp3) is 0.250. The van der Waals surface area contributed by atoms with Crippen LogP contribution in [0.15, 0.2) is 0 Å². The molecule has 7 heteroatoms. The molecule has 0 saturated heterocycles. The van der Waals surface area contributed by atoms with Gasteiger partial charge in [-0.2, -0.15) is 0 Å². The number of hydrogen-bond donors (Lipinski definition) is 3. The molecule has 0 unspecified atom stereocenters. The summed E-state index contributed by atoms with van der Waals surface area (Å²) in [6.45, 7) is 0. The predicted octanol–water partition coefficient (Wildman–Crippen LogP) is -0.903. The minimum Gasteiger partial charge on any atom is -0.518 e. The fourth-order valence-electron chi connectivity index (χ4n) is 0.145. The Kier molecular flexibility index (Phi) is 35.4. The topological polar surface area (TPSA) is 53.2 Å². The van der Waals surface area contributed by atoms with Gasteiger partial charge in [-0.3, -0.25) is 0 Å². The molecule has 0 saturated carbocycles. The van der Waals surface area contributed by atoms with Gasteiger partial charge in [0.1, 0.15) is 0 Å². The number of thiocarbonyl (C=S) groups is 1. The number of hydrazine groups is 1. The Morgan fingerprint density at radius 1 is 1.55 bits per heavy atom. The van der Waals surface area contributed by atoms with E-state index >= 15 is 0 Å². The number of hydrogen-bond acceptors (Lipinski definition) is 2. The molecule has 61 valence electrons. The molecule has 0 heterocycles. The van der Waals surface area contributed by atoms with Crippen molar-refractivity contribution in [3.05, 3.63) is 7.43 Å². The summed E-state index contributed by atoms with van der Waals surface area (Å²) in [5, 5.41) is 2.93. The molecule has 0 aromatic carbocycles. The molecule has 0 atom stereocenters. The molecule has 0 aliphatic heterocycles. The minimum absolute atomic E-state index is 0. The zero-order chi connectivity index (χ0) is 6.41. The summed E-state index contributed by atoms with van der Waals surface area (Å²) in [7, 11) is 1.64. The van der Waals surface area contributed by atoms with Gasteiger partial charge in [-0.25, -0.2) is 0 Å². The van der Waals surface area contributed by atoms with E-state index in [1.807, 2.05) is 5.43 Å². The summed E-state index contributed by atoms with van der Waals surface area (Å²) < 4.78 is 0. The van der Waals surface area contributed by atoms with Crippen LogP contribution in [0, 0.1) is 7.43 Å². The van der Waals surface area contributed by atoms with Gasteiger partial charge < -0.3 is 28.4 Å². The summed E-state index contributed by atoms with van der Waals surface area (Å²) in [6, 6.07) is 0. The van der Waals surface area contributed by atoms with Crippen LogP contribution in [0.5, 0.6) is 0 Å². The van der Waals surface area contributed by atoms with Crippen LogP contribution in [-0.4, -0.2) is 18.6 Å². The Hall–Kier alpha value is 0.952. The van der Waals surface area contributed by atoms with Gasteiger partial charge in [0.05, 0.1) is 0 Å². The van der Waals surface area contributed by atoms with Crippen molar-refractivity contribution in [3.8, 4) is 0 Å². The predicted molar refractivity (Wildman–Crippen MR) is 40.0 cm³/mol. The van der Waals surface area contributed by atoms with Gasteiger partial charge in [-0.1, -0.05) is 0 Å². The van der Waals surface area contributed by atoms with Crippen LogP contribution in [0.25, 0.3) is 0 Å². The van der Waals surface area contributed by atoms with E-state index in [0.717, 1.165) is 0 Å². The van der Waals surface area contributed by atoms with E-state index in [-0.39, 0.29) is 61.2 Å². The first-order chi connectivity index (χ1) is 3.81. The summed E-state index contributed by atoms with van der Waals surface area (Å²) in [4.78, 5) is 9.44. The maximum Gasteiger partial charge on any atom is 2.00 e. The maximum atomic E-state index is 9.44. The van der Waals surface area contributed by atoms with Crippen LogP contribution >= 0.6 is 12.2 Å². The Bertz CT molecular complexity index is 105. The zero-order valence-corrected chi connectivity index (χ0v) is 12.9. The second-order valence-electron chi connectivity index (χ2n) is 0.931. The maximum absolute atomic E-state index is 9.44. The van der Waals surface area contributed by atoms with Gasteiger partial charge in [0.2, 0.25) is 0 Å². The molecule has 4 nitrogen and oxygen atoms in total. The summed E-state index contributed by atoms with van der Waals surface area (Å²) >= 11 is 4.56. The van der Waals surface area contributed by atoms with Gasteiger partial charge in [0, 0.05) is 39.8 Å². The van der Waals surface area contributed by atoms with E-state index in [1.54, 1.807) is 7.05 Å². The molecule has 0 aliphatic rings. The monoisotopic (exact) mass is 420 g/mol. The second kappa shape index (κ2) is 17.2. The Morgan fingerprint density at radius 2 is 2.00 bits per heavy atom. The van der Waals surface area contributed by atoms with Gasteiger partial charge in [-0.05, 0) is 12.2 Å². The molecule has 11 heavy (non-hydrogen) atoms. The first-order valence-corrected chi connectivity index (χ1v) is 2.32. The van der Waals surface area contributed by atoms with E-state index < -0.39 is 0 Å². The standard InChI is InChI=1S/C3H6N3OS.CH3.W.Y/c1-4-3(8)6-5-2-7;;;/h1H3,(H,5,7)(H2,4,6,8);1H3;;/q2*-1;+2;. The van der Waals surface area contributed by atoms with Crippen LogP contribution < -0.4 is 16.2 Å². The van der Waals surface area contributed by atoms with Crippen molar-refractivity contribution in [2.24, 2.45) is 0 Å². The molecule has 0 aliphatic carbocycles. The van der Waals surface area contributed by atoms with Crippen molar-refractivity contribution in [2.45, 2.75) is 0 Å². The van der Waals surface area contributed by atoms with Crippen molar-refractivity contribution >= 4 is 23.7 Å². The normalized spacial score (nSPS) is 5.18. The number of amides is 1. The van der Waals surface area contributed by atoms with E-state index in [1.165, 1.54) is 6.41 Å². The smallest absolute Gasteiger partial charge is 0.518 e. The van der Waals surface area contributed by atoms with Crippen molar-refractivity contribution in [1.82, 2.24) is 16.2 Å². The first-order valence-electron chi connectivity index (χ1n) is 1.91. The van der Waals surface area contributed by atoms with E-state index in [2.05, 4.69) is 23.0 Å². The van der Waals surface area contributed by atoms with Crippen molar-refractivity contribution in [1.29, 1.82) is 0 Å². The number of carbonyl (C=O) groups excluding carboxylic acids is 1. The average molecular weight is 420 g/mol. The molecular weight excluding hydrogens is 411 g/mol. The minimum atomic E-state index is 0. The van der Waals surface area contributed by atoms with Gasteiger partial charge in [0.25, 0.3) is 0 Å². The first kappa shape index (κ1) is 22.7. The number of nitrogens with one attached hydrogen (secondary N) is 3. The van der Waals surface area contributed by atoms with Crippen molar-refractivity contribution in [3.63, 3.8) is 0 Å². The summed E-state index contributed by atoms with van der Waals surface area (Å²) in [5.41, 5.74) is 4.37. The van der Waals surface area contributed by atoms with E-state index in [9.17, 15) is 4.79 Å². The average Bonchev–Trinajstić information content (AvgIpc) is 1.83. The van der Waals surface area contributed by atoms with Gasteiger partial charge in [-0.15, -0.1) is 6.41 Å². The van der Waals surface area contributed by atoms with Crippen LogP contribution in [0.4, 0.5) is 0 Å². The van der Waals surface area contributed by atoms with Crippen LogP contribution in [-0.2, 0) is 58.6 Å². The molecule has 1 radical (unpaired) electrons. The third-order valence-corrected chi connectivity index (χ3v) is 0.760. The van der Waals surface area contributed by atoms with Crippen LogP contribution in [0.1, 0.15) is 0 Å². The molecule has 1 amide bonds. The van der Waals surface area contributed by atoms with Crippen LogP contribution in [0.3, 0.4) is 0 Å². The second-order valence-corrected chi connectivity index (χ2v) is 1.34. The Labute approximate surface area is 112 Å². The van der Waals surface area contributed by atoms with Gasteiger partial charge in [0.15, 0.2) is 5.11 Å². The largest absolute Gasteiger partial charge is 2.00 e. The molecule has 0 spiro atoms. The molecular formula is C4H9N3OSWY. The summed E-state index contributed by atoms with van der Waals surface area (Å²) in [6.07, 6.45) is 1.39. The van der Waals surface area contributed by atoms with Gasteiger partial charge >= 0.3 is 21.1 Å². The molecule has 0 fully saturated rings. The number of rotatable bonds is 2. The zero-order valence-electron chi connectivity index (χ0n) is 6.30. The fourth-order valence-corrected chi connectivity index (χ4v) is 0.196. The SMILES string of the molecule is CNC(=S)NN[C-]=O.[CH3-].[W+2].[Y]. The Morgan fingerprint density at radius 3 is 2.27 bits per heavy atom. The molecule has 0 bridgehead atoms. The molecule has 3 N–H and O–H groups in total. The van der Waals surface area contributed by atoms with Crippen molar-refractivity contribution < 1.29 is 58.6 Å². The van der Waals surface area contributed by atoms with Crippen LogP contribution in [0.2, 0.25) is 0 Å². The molecule has 0 aromatic rings. The summed E-state index contributed by atoms with van der Waals surface area (Å²) in [5.74, 6) is 0. The molecule has 0 rings (SSSR count). The Balaban J connectivity index is -0.0000000817. The van der Waals surface area contributed by atoms with E-state index in [0.29, 0.717) is 5.11 Å².